The summed E-state index contributed by atoms with van der Waals surface area (Å²) in [6.45, 7) is 5.35. The van der Waals surface area contributed by atoms with Gasteiger partial charge in [0, 0.05) is 7.11 Å². The van der Waals surface area contributed by atoms with Gasteiger partial charge >= 0.3 is 0 Å². The highest BCUT2D eigenvalue weighted by Gasteiger charge is 2.28. The molecule has 0 spiro atoms. The van der Waals surface area contributed by atoms with Crippen molar-refractivity contribution in [2.75, 3.05) is 20.3 Å². The van der Waals surface area contributed by atoms with Gasteiger partial charge in [-0.2, -0.15) is 0 Å². The van der Waals surface area contributed by atoms with Gasteiger partial charge in [0.25, 0.3) is 0 Å². The number of hydrogen-bond donors (Lipinski definition) is 0. The molecule has 1 aliphatic heterocycles. The average molecular weight is 159 g/mol. The van der Waals surface area contributed by atoms with Crippen molar-refractivity contribution in [1.82, 2.24) is 0 Å². The molecule has 0 amide bonds. The number of aliphatic imine (C=N–C) groups is 1. The molecule has 11 heavy (non-hydrogen) atoms. The molecule has 0 N–H and O–H groups in total. The van der Waals surface area contributed by atoms with E-state index in [1.165, 1.54) is 0 Å². The van der Waals surface area contributed by atoms with Gasteiger partial charge in [0.15, 0.2) is 0 Å². The fourth-order valence-electron chi connectivity index (χ4n) is 0.787. The Morgan fingerprint density at radius 1 is 1.55 bits per heavy atom. The molecule has 0 radical (unpaired) electrons. The maximum atomic E-state index is 5.23. The fourth-order valence-corrected chi connectivity index (χ4v) is 0.787. The lowest BCUT2D eigenvalue weighted by molar-refractivity contribution is 0.0623. The molecule has 1 rings (SSSR count). The molecule has 0 aromatic rings. The largest absolute Gasteiger partial charge is 0.477 e. The highest BCUT2D eigenvalue weighted by atomic mass is 16.5. The highest BCUT2D eigenvalue weighted by molar-refractivity contribution is 5.85. The highest BCUT2D eigenvalue weighted by Crippen LogP contribution is 2.14. The van der Waals surface area contributed by atoms with E-state index >= 15 is 0 Å². The third kappa shape index (κ3) is 2.19. The zero-order valence-electron chi connectivity index (χ0n) is 6.68. The summed E-state index contributed by atoms with van der Waals surface area (Å²) in [5.41, 5.74) is -0.351. The molecule has 3 nitrogen and oxygen atoms in total. The molecule has 0 saturated heterocycles. The Balaban J connectivity index is 0.000001000. The van der Waals surface area contributed by atoms with Crippen LogP contribution in [0.2, 0.25) is 0 Å². The van der Waals surface area contributed by atoms with Crippen LogP contribution >= 0.6 is 0 Å². The van der Waals surface area contributed by atoms with Crippen molar-refractivity contribution in [3.63, 3.8) is 0 Å². The number of rotatable bonds is 2. The predicted molar refractivity (Wildman–Crippen MR) is 46.1 cm³/mol. The molecule has 0 saturated carbocycles. The molecule has 0 atom stereocenters. The van der Waals surface area contributed by atoms with Crippen molar-refractivity contribution in [3.05, 3.63) is 0 Å². The van der Waals surface area contributed by atoms with E-state index in [9.17, 15) is 0 Å². The second-order valence-electron chi connectivity index (χ2n) is 2.75. The lowest BCUT2D eigenvalue weighted by atomic mass is 10.1. The summed E-state index contributed by atoms with van der Waals surface area (Å²) in [6, 6.07) is 0. The van der Waals surface area contributed by atoms with Crippen LogP contribution < -0.4 is 0 Å². The van der Waals surface area contributed by atoms with Gasteiger partial charge in [-0.15, -0.1) is 0 Å². The van der Waals surface area contributed by atoms with Gasteiger partial charge in [0.2, 0.25) is 5.90 Å². The van der Waals surface area contributed by atoms with Gasteiger partial charge in [-0.1, -0.05) is 7.43 Å². The molecule has 0 fully saturated rings. The van der Waals surface area contributed by atoms with Crippen LogP contribution in [0.25, 0.3) is 0 Å². The smallest absolute Gasteiger partial charge is 0.216 e. The predicted octanol–water partition coefficient (Wildman–Crippen LogP) is 1.48. The lowest BCUT2D eigenvalue weighted by Gasteiger charge is -2.21. The molecular formula is C8H17NO2. The monoisotopic (exact) mass is 159 g/mol. The average Bonchev–Trinajstić information content (AvgIpc) is 2.38. The van der Waals surface area contributed by atoms with Crippen molar-refractivity contribution >= 4 is 5.90 Å². The molecule has 0 bridgehead atoms. The SMILES string of the molecule is C.COC(C)(C)C1=NCCO1. The van der Waals surface area contributed by atoms with E-state index in [1.807, 2.05) is 13.8 Å². The second kappa shape index (κ2) is 3.72. The van der Waals surface area contributed by atoms with Crippen LogP contribution in [0, 0.1) is 0 Å². The Morgan fingerprint density at radius 2 is 2.18 bits per heavy atom. The van der Waals surface area contributed by atoms with E-state index in [0.717, 1.165) is 12.4 Å². The maximum Gasteiger partial charge on any atom is 0.216 e. The molecule has 1 heterocycles. The third-order valence-corrected chi connectivity index (χ3v) is 1.61. The Hall–Kier alpha value is -0.570. The topological polar surface area (TPSA) is 30.8 Å². The van der Waals surface area contributed by atoms with Crippen LogP contribution in [0.15, 0.2) is 4.99 Å². The summed E-state index contributed by atoms with van der Waals surface area (Å²) >= 11 is 0. The molecular weight excluding hydrogens is 142 g/mol. The minimum atomic E-state index is -0.351. The third-order valence-electron chi connectivity index (χ3n) is 1.61. The van der Waals surface area contributed by atoms with Crippen LogP contribution in [0.4, 0.5) is 0 Å². The molecule has 3 heteroatoms. The summed E-state index contributed by atoms with van der Waals surface area (Å²) < 4.78 is 10.4. The summed E-state index contributed by atoms with van der Waals surface area (Å²) in [5, 5.41) is 0. The van der Waals surface area contributed by atoms with E-state index in [2.05, 4.69) is 4.99 Å². The summed E-state index contributed by atoms with van der Waals surface area (Å²) in [4.78, 5) is 4.15. The maximum absolute atomic E-state index is 5.23. The number of methoxy groups -OCH3 is 1. The van der Waals surface area contributed by atoms with Crippen LogP contribution in [-0.4, -0.2) is 31.8 Å². The molecule has 0 aromatic carbocycles. The Kier molecular flexibility index (Phi) is 3.52. The number of ether oxygens (including phenoxy) is 2. The van der Waals surface area contributed by atoms with Gasteiger partial charge in [0.05, 0.1) is 6.54 Å². The van der Waals surface area contributed by atoms with E-state index < -0.39 is 0 Å². The first-order valence-corrected chi connectivity index (χ1v) is 3.40. The van der Waals surface area contributed by atoms with Crippen molar-refractivity contribution in [1.29, 1.82) is 0 Å². The quantitative estimate of drug-likeness (QED) is 0.611. The van der Waals surface area contributed by atoms with Crippen LogP contribution in [0.3, 0.4) is 0 Å². The normalized spacial score (nSPS) is 16.8. The fraction of sp³-hybridized carbons (Fsp3) is 0.875. The summed E-state index contributed by atoms with van der Waals surface area (Å²) in [7, 11) is 1.66. The first-order valence-electron chi connectivity index (χ1n) is 3.40. The van der Waals surface area contributed by atoms with E-state index in [4.69, 9.17) is 9.47 Å². The van der Waals surface area contributed by atoms with Crippen molar-refractivity contribution in [3.8, 4) is 0 Å². The Labute approximate surface area is 68.4 Å². The van der Waals surface area contributed by atoms with Gasteiger partial charge < -0.3 is 9.47 Å². The van der Waals surface area contributed by atoms with Crippen LogP contribution in [-0.2, 0) is 9.47 Å². The zero-order valence-corrected chi connectivity index (χ0v) is 6.68. The minimum Gasteiger partial charge on any atom is -0.477 e. The van der Waals surface area contributed by atoms with Crippen molar-refractivity contribution in [2.45, 2.75) is 26.9 Å². The molecule has 0 aliphatic carbocycles. The second-order valence-corrected chi connectivity index (χ2v) is 2.75. The van der Waals surface area contributed by atoms with Crippen molar-refractivity contribution in [2.24, 2.45) is 4.99 Å². The first kappa shape index (κ1) is 10.4. The Bertz CT molecular complexity index is 152. The molecule has 0 aromatic heterocycles. The van der Waals surface area contributed by atoms with Gasteiger partial charge in [0.1, 0.15) is 12.2 Å². The number of hydrogen-bond acceptors (Lipinski definition) is 3. The van der Waals surface area contributed by atoms with E-state index in [-0.39, 0.29) is 13.0 Å². The van der Waals surface area contributed by atoms with Crippen molar-refractivity contribution < 1.29 is 9.47 Å². The molecule has 0 unspecified atom stereocenters. The summed E-state index contributed by atoms with van der Waals surface area (Å²) in [6.07, 6.45) is 0. The van der Waals surface area contributed by atoms with Gasteiger partial charge in [-0.05, 0) is 13.8 Å². The van der Waals surface area contributed by atoms with Gasteiger partial charge in [-0.3, -0.25) is 0 Å². The van der Waals surface area contributed by atoms with Gasteiger partial charge in [-0.25, -0.2) is 4.99 Å². The Morgan fingerprint density at radius 3 is 2.55 bits per heavy atom. The lowest BCUT2D eigenvalue weighted by Crippen LogP contribution is -2.33. The number of nitrogens with zero attached hydrogens (tertiary/aromatic N) is 1. The first-order chi connectivity index (χ1) is 4.67. The standard InChI is InChI=1S/C7H13NO2.CH4/c1-7(2,9-3)6-8-4-5-10-6;/h4-5H2,1-3H3;1H4. The van der Waals surface area contributed by atoms with Crippen LogP contribution in [0.5, 0.6) is 0 Å². The summed E-state index contributed by atoms with van der Waals surface area (Å²) in [5.74, 6) is 0.718. The molecule has 1 aliphatic rings. The van der Waals surface area contributed by atoms with E-state index in [1.54, 1.807) is 7.11 Å². The minimum absolute atomic E-state index is 0. The zero-order chi connectivity index (χ0) is 7.61. The van der Waals surface area contributed by atoms with Crippen LogP contribution in [0.1, 0.15) is 21.3 Å². The van der Waals surface area contributed by atoms with E-state index in [0.29, 0.717) is 6.61 Å². The molecule has 66 valence electrons.